The second kappa shape index (κ2) is 13.5. The summed E-state index contributed by atoms with van der Waals surface area (Å²) < 4.78 is 80.8. The molecule has 12 heteroatoms. The highest BCUT2D eigenvalue weighted by atomic mass is 35.5. The minimum Gasteiger partial charge on any atom is -0.337 e. The summed E-state index contributed by atoms with van der Waals surface area (Å²) in [6, 6.07) is 16.9. The lowest BCUT2D eigenvalue weighted by Crippen LogP contribution is -2.39. The van der Waals surface area contributed by atoms with Crippen LogP contribution in [0.2, 0.25) is 10.0 Å². The largest absolute Gasteiger partial charge is 0.416 e. The molecule has 2 fully saturated rings. The van der Waals surface area contributed by atoms with Gasteiger partial charge in [0.15, 0.2) is 0 Å². The molecule has 0 aliphatic carbocycles. The van der Waals surface area contributed by atoms with Crippen LogP contribution < -0.4 is 0 Å². The third kappa shape index (κ3) is 7.84. The third-order valence-electron chi connectivity index (χ3n) is 8.65. The Morgan fingerprint density at radius 3 is 2.00 bits per heavy atom. The number of halogens is 9. The number of piperidine rings is 1. The van der Waals surface area contributed by atoms with Crippen LogP contribution in [0.3, 0.4) is 0 Å². The summed E-state index contributed by atoms with van der Waals surface area (Å²) >= 11 is 12.5. The van der Waals surface area contributed by atoms with Gasteiger partial charge < -0.3 is 9.80 Å². The summed E-state index contributed by atoms with van der Waals surface area (Å²) in [4.78, 5) is 17.0. The number of hydrogen-bond acceptors (Lipinski definition) is 2. The van der Waals surface area contributed by atoms with Crippen LogP contribution in [0.15, 0.2) is 66.7 Å². The van der Waals surface area contributed by atoms with Crippen LogP contribution in [-0.2, 0) is 29.1 Å². The molecule has 5 rings (SSSR count). The molecule has 0 N–H and O–H groups in total. The van der Waals surface area contributed by atoms with Gasteiger partial charge in [0.2, 0.25) is 5.91 Å². The first-order chi connectivity index (χ1) is 20.2. The van der Waals surface area contributed by atoms with E-state index in [0.717, 1.165) is 31.5 Å². The lowest BCUT2D eigenvalue weighted by atomic mass is 9.76. The van der Waals surface area contributed by atoms with Crippen molar-refractivity contribution in [1.29, 1.82) is 0 Å². The van der Waals surface area contributed by atoms with Crippen molar-refractivity contribution in [3.05, 3.63) is 105 Å². The minimum atomic E-state index is -4.97. The van der Waals surface area contributed by atoms with Gasteiger partial charge >= 0.3 is 12.4 Å². The van der Waals surface area contributed by atoms with E-state index >= 15 is 0 Å². The van der Waals surface area contributed by atoms with Crippen LogP contribution in [0.5, 0.6) is 0 Å². The van der Waals surface area contributed by atoms with Gasteiger partial charge in [-0.25, -0.2) is 0 Å². The molecule has 3 aromatic rings. The van der Waals surface area contributed by atoms with Crippen LogP contribution >= 0.6 is 35.6 Å². The maximum Gasteiger partial charge on any atom is 0.416 e. The molecule has 0 saturated carbocycles. The van der Waals surface area contributed by atoms with Crippen LogP contribution in [-0.4, -0.2) is 41.9 Å². The Morgan fingerprint density at radius 1 is 0.818 bits per heavy atom. The lowest BCUT2D eigenvalue weighted by Gasteiger charge is -2.36. The first kappa shape index (κ1) is 34.4. The highest BCUT2D eigenvalue weighted by Gasteiger charge is 2.45. The van der Waals surface area contributed by atoms with Crippen molar-refractivity contribution in [2.75, 3.05) is 26.2 Å². The molecule has 0 aromatic heterocycles. The number of nitrogens with zero attached hydrogens (tertiary/aromatic N) is 2. The predicted octanol–water partition coefficient (Wildman–Crippen LogP) is 9.39. The van der Waals surface area contributed by atoms with E-state index in [2.05, 4.69) is 17.0 Å². The van der Waals surface area contributed by atoms with Crippen molar-refractivity contribution in [2.45, 2.75) is 55.9 Å². The molecule has 1 amide bonds. The van der Waals surface area contributed by atoms with Gasteiger partial charge in [0.25, 0.3) is 0 Å². The maximum absolute atomic E-state index is 13.5. The van der Waals surface area contributed by atoms with Gasteiger partial charge in [-0.1, -0.05) is 59.6 Å². The SMILES string of the molecule is Cl.O=C1CC(CCN2CCC(c3ccccc3)CC2)(c2ccc(Cl)c(Cl)c2)CN1Cc1cc(C(F)(F)F)cc(C(F)(F)F)c1. The highest BCUT2D eigenvalue weighted by molar-refractivity contribution is 6.42. The highest BCUT2D eigenvalue weighted by Crippen LogP contribution is 2.43. The van der Waals surface area contributed by atoms with E-state index < -0.39 is 28.9 Å². The third-order valence-corrected chi connectivity index (χ3v) is 9.39. The molecule has 0 radical (unpaired) electrons. The fraction of sp³-hybridized carbons (Fsp3) is 0.406. The van der Waals surface area contributed by atoms with Gasteiger partial charge in [-0.05, 0) is 91.8 Å². The van der Waals surface area contributed by atoms with Crippen LogP contribution in [0.25, 0.3) is 0 Å². The van der Waals surface area contributed by atoms with Gasteiger partial charge in [-0.2, -0.15) is 26.3 Å². The zero-order chi connectivity index (χ0) is 31.0. The van der Waals surface area contributed by atoms with Crippen molar-refractivity contribution in [3.8, 4) is 0 Å². The second-order valence-corrected chi connectivity index (χ2v) is 12.3. The van der Waals surface area contributed by atoms with E-state index in [1.165, 1.54) is 10.5 Å². The molecule has 0 spiro atoms. The molecule has 1 atom stereocenters. The molecule has 2 aliphatic heterocycles. The second-order valence-electron chi connectivity index (χ2n) is 11.5. The Morgan fingerprint density at radius 2 is 1.43 bits per heavy atom. The number of hydrogen-bond donors (Lipinski definition) is 0. The lowest BCUT2D eigenvalue weighted by molar-refractivity contribution is -0.143. The molecular formula is C32H31Cl3F6N2O. The number of rotatable bonds is 7. The molecule has 2 heterocycles. The molecular weight excluding hydrogens is 649 g/mol. The van der Waals surface area contributed by atoms with E-state index in [1.54, 1.807) is 18.2 Å². The zero-order valence-corrected chi connectivity index (χ0v) is 25.9. The number of carbonyl (C=O) groups is 1. The first-order valence-corrected chi connectivity index (χ1v) is 14.8. The monoisotopic (exact) mass is 678 g/mol. The van der Waals surface area contributed by atoms with Crippen LogP contribution in [0, 0.1) is 0 Å². The maximum atomic E-state index is 13.5. The summed E-state index contributed by atoms with van der Waals surface area (Å²) in [5.74, 6) is 0.124. The summed E-state index contributed by atoms with van der Waals surface area (Å²) in [6.07, 6.45) is -7.35. The van der Waals surface area contributed by atoms with Crippen molar-refractivity contribution >= 4 is 41.5 Å². The first-order valence-electron chi connectivity index (χ1n) is 14.0. The number of amides is 1. The molecule has 3 aromatic carbocycles. The van der Waals surface area contributed by atoms with Crippen molar-refractivity contribution in [1.82, 2.24) is 9.80 Å². The summed E-state index contributed by atoms with van der Waals surface area (Å²) in [5, 5.41) is 0.647. The zero-order valence-electron chi connectivity index (χ0n) is 23.5. The average Bonchev–Trinajstić information content (AvgIpc) is 3.28. The molecule has 2 saturated heterocycles. The average molecular weight is 680 g/mol. The van der Waals surface area contributed by atoms with Crippen molar-refractivity contribution < 1.29 is 31.1 Å². The Balaban J connectivity index is 0.00000442. The van der Waals surface area contributed by atoms with Gasteiger partial charge in [-0.15, -0.1) is 12.4 Å². The van der Waals surface area contributed by atoms with E-state index in [0.29, 0.717) is 41.1 Å². The predicted molar refractivity (Wildman–Crippen MR) is 161 cm³/mol. The molecule has 238 valence electrons. The standard InChI is InChI=1S/C32H30Cl2F6N2O.ClH/c33-27-7-6-24(17-28(27)34)30(10-13-41-11-8-23(9-12-41)22-4-2-1-3-5-22)18-29(43)42(20-30)19-21-14-25(31(35,36)37)16-26(15-21)32(38,39)40;/h1-7,14-17,23H,8-13,18-20H2;1H. The molecule has 2 aliphatic rings. The fourth-order valence-corrected chi connectivity index (χ4v) is 6.60. The number of carbonyl (C=O) groups excluding carboxylic acids is 1. The number of alkyl halides is 6. The molecule has 0 bridgehead atoms. The van der Waals surface area contributed by atoms with Crippen LogP contribution in [0.1, 0.15) is 59.4 Å². The normalized spacial score (nSPS) is 20.2. The van der Waals surface area contributed by atoms with E-state index in [9.17, 15) is 31.1 Å². The smallest absolute Gasteiger partial charge is 0.337 e. The Hall–Kier alpha value is -2.46. The summed E-state index contributed by atoms with van der Waals surface area (Å²) in [6.45, 7) is 2.17. The summed E-state index contributed by atoms with van der Waals surface area (Å²) in [5.41, 5.74) is -1.71. The van der Waals surface area contributed by atoms with Crippen molar-refractivity contribution in [3.63, 3.8) is 0 Å². The number of likely N-dealkylation sites (tertiary alicyclic amines) is 2. The van der Waals surface area contributed by atoms with E-state index in [1.807, 2.05) is 18.2 Å². The van der Waals surface area contributed by atoms with Gasteiger partial charge in [0.1, 0.15) is 0 Å². The quantitative estimate of drug-likeness (QED) is 0.233. The Kier molecular flexibility index (Phi) is 10.6. The Bertz CT molecular complexity index is 1430. The minimum absolute atomic E-state index is 0. The van der Waals surface area contributed by atoms with Crippen LogP contribution in [0.4, 0.5) is 26.3 Å². The van der Waals surface area contributed by atoms with Gasteiger partial charge in [0, 0.05) is 24.9 Å². The molecule has 44 heavy (non-hydrogen) atoms. The number of benzene rings is 3. The van der Waals surface area contributed by atoms with Gasteiger partial charge in [0.05, 0.1) is 21.2 Å². The van der Waals surface area contributed by atoms with Crippen molar-refractivity contribution in [2.24, 2.45) is 0 Å². The molecule has 3 nitrogen and oxygen atoms in total. The topological polar surface area (TPSA) is 23.6 Å². The van der Waals surface area contributed by atoms with E-state index in [4.69, 9.17) is 23.2 Å². The van der Waals surface area contributed by atoms with Gasteiger partial charge in [-0.3, -0.25) is 4.79 Å². The fourth-order valence-electron chi connectivity index (χ4n) is 6.30. The summed E-state index contributed by atoms with van der Waals surface area (Å²) in [7, 11) is 0. The molecule has 1 unspecified atom stereocenters. The van der Waals surface area contributed by atoms with E-state index in [-0.39, 0.29) is 49.5 Å². The Labute approximate surface area is 268 Å².